The largest absolute Gasteiger partial charge is 0.379 e. The summed E-state index contributed by atoms with van der Waals surface area (Å²) in [7, 11) is 0. The van der Waals surface area contributed by atoms with Crippen molar-refractivity contribution >= 4 is 0 Å². The van der Waals surface area contributed by atoms with Gasteiger partial charge in [-0.15, -0.1) is 0 Å². The van der Waals surface area contributed by atoms with Crippen molar-refractivity contribution < 1.29 is 4.74 Å². The normalized spacial score (nSPS) is 16.5. The number of morpholine rings is 1. The Morgan fingerprint density at radius 3 is 2.42 bits per heavy atom. The van der Waals surface area contributed by atoms with E-state index in [9.17, 15) is 0 Å². The van der Waals surface area contributed by atoms with Gasteiger partial charge in [-0.05, 0) is 23.3 Å². The van der Waals surface area contributed by atoms with Crippen molar-refractivity contribution in [1.82, 2.24) is 10.2 Å². The van der Waals surface area contributed by atoms with Crippen molar-refractivity contribution in [3.05, 3.63) is 71.3 Å². The molecule has 1 heterocycles. The lowest BCUT2D eigenvalue weighted by atomic mass is 10.0. The molecule has 2 aromatic rings. The highest BCUT2D eigenvalue weighted by Crippen LogP contribution is 2.21. The Labute approximate surface area is 143 Å². The maximum Gasteiger partial charge on any atom is 0.0991 e. The highest BCUT2D eigenvalue weighted by Gasteiger charge is 2.22. The zero-order valence-electron chi connectivity index (χ0n) is 13.8. The maximum absolute atomic E-state index is 8.87. The second kappa shape index (κ2) is 8.60. The van der Waals surface area contributed by atoms with Gasteiger partial charge in [-0.1, -0.05) is 42.5 Å². The van der Waals surface area contributed by atoms with Crippen LogP contribution in [0.15, 0.2) is 54.6 Å². The van der Waals surface area contributed by atoms with Crippen LogP contribution < -0.4 is 5.32 Å². The third kappa shape index (κ3) is 4.42. The quantitative estimate of drug-likeness (QED) is 0.889. The number of nitrogens with one attached hydrogen (secondary N) is 1. The molecule has 1 saturated heterocycles. The third-order valence-electron chi connectivity index (χ3n) is 4.42. The Bertz CT molecular complexity index is 658. The van der Waals surface area contributed by atoms with Gasteiger partial charge in [0.25, 0.3) is 0 Å². The zero-order valence-corrected chi connectivity index (χ0v) is 13.8. The summed E-state index contributed by atoms with van der Waals surface area (Å²) in [5, 5.41) is 12.4. The second-order valence-corrected chi connectivity index (χ2v) is 6.01. The standard InChI is InChI=1S/C20H23N3O/c21-14-17-6-8-18(9-7-17)15-22-16-20(19-4-2-1-3-5-19)23-10-12-24-13-11-23/h1-9,20,22H,10-13,15-16H2. The van der Waals surface area contributed by atoms with Crippen LogP contribution in [0.1, 0.15) is 22.7 Å². The zero-order chi connectivity index (χ0) is 16.6. The van der Waals surface area contributed by atoms with E-state index in [2.05, 4.69) is 46.6 Å². The van der Waals surface area contributed by atoms with Gasteiger partial charge in [0.15, 0.2) is 0 Å². The fraction of sp³-hybridized carbons (Fsp3) is 0.350. The molecule has 24 heavy (non-hydrogen) atoms. The summed E-state index contributed by atoms with van der Waals surface area (Å²) in [6, 6.07) is 20.9. The molecular weight excluding hydrogens is 298 g/mol. The number of nitrogens with zero attached hydrogens (tertiary/aromatic N) is 2. The van der Waals surface area contributed by atoms with Crippen LogP contribution in [-0.2, 0) is 11.3 Å². The predicted molar refractivity (Wildman–Crippen MR) is 94.4 cm³/mol. The fourth-order valence-corrected chi connectivity index (χ4v) is 3.07. The highest BCUT2D eigenvalue weighted by molar-refractivity contribution is 5.31. The van der Waals surface area contributed by atoms with Crippen molar-refractivity contribution in [1.29, 1.82) is 5.26 Å². The van der Waals surface area contributed by atoms with Gasteiger partial charge in [-0.2, -0.15) is 5.26 Å². The Morgan fingerprint density at radius 2 is 1.75 bits per heavy atom. The Kier molecular flexibility index (Phi) is 5.97. The minimum Gasteiger partial charge on any atom is -0.379 e. The van der Waals surface area contributed by atoms with Gasteiger partial charge in [0.1, 0.15) is 0 Å². The van der Waals surface area contributed by atoms with Gasteiger partial charge in [0.05, 0.1) is 24.8 Å². The van der Waals surface area contributed by atoms with Crippen LogP contribution in [0, 0.1) is 11.3 Å². The van der Waals surface area contributed by atoms with Crippen LogP contribution in [0.4, 0.5) is 0 Å². The minimum absolute atomic E-state index is 0.355. The van der Waals surface area contributed by atoms with Crippen LogP contribution in [-0.4, -0.2) is 37.7 Å². The lowest BCUT2D eigenvalue weighted by Crippen LogP contribution is -2.42. The number of hydrogen-bond donors (Lipinski definition) is 1. The van der Waals surface area contributed by atoms with Gasteiger partial charge in [-0.3, -0.25) is 4.90 Å². The molecule has 1 aliphatic rings. The Balaban J connectivity index is 1.62. The number of ether oxygens (including phenoxy) is 1. The maximum atomic E-state index is 8.87. The van der Waals surface area contributed by atoms with Crippen molar-refractivity contribution in [3.8, 4) is 6.07 Å². The van der Waals surface area contributed by atoms with Gasteiger partial charge < -0.3 is 10.1 Å². The number of nitriles is 1. The smallest absolute Gasteiger partial charge is 0.0991 e. The molecule has 4 nitrogen and oxygen atoms in total. The topological polar surface area (TPSA) is 48.3 Å². The number of benzene rings is 2. The molecule has 1 aliphatic heterocycles. The van der Waals surface area contributed by atoms with Gasteiger partial charge in [-0.25, -0.2) is 0 Å². The first kappa shape index (κ1) is 16.7. The van der Waals surface area contributed by atoms with Crippen molar-refractivity contribution in [2.24, 2.45) is 0 Å². The minimum atomic E-state index is 0.355. The monoisotopic (exact) mass is 321 g/mol. The van der Waals surface area contributed by atoms with E-state index >= 15 is 0 Å². The molecule has 0 saturated carbocycles. The molecule has 4 heteroatoms. The van der Waals surface area contributed by atoms with E-state index in [1.54, 1.807) is 0 Å². The molecule has 124 valence electrons. The van der Waals surface area contributed by atoms with Crippen LogP contribution >= 0.6 is 0 Å². The van der Waals surface area contributed by atoms with Crippen molar-refractivity contribution in [2.45, 2.75) is 12.6 Å². The average molecular weight is 321 g/mol. The van der Waals surface area contributed by atoms with Crippen LogP contribution in [0.5, 0.6) is 0 Å². The summed E-state index contributed by atoms with van der Waals surface area (Å²) >= 11 is 0. The molecule has 1 fully saturated rings. The summed E-state index contributed by atoms with van der Waals surface area (Å²) in [5.74, 6) is 0. The Morgan fingerprint density at radius 1 is 1.04 bits per heavy atom. The number of hydrogen-bond acceptors (Lipinski definition) is 4. The number of rotatable bonds is 6. The first-order valence-corrected chi connectivity index (χ1v) is 8.43. The molecule has 0 aliphatic carbocycles. The van der Waals surface area contributed by atoms with Gasteiger partial charge in [0, 0.05) is 32.2 Å². The SMILES string of the molecule is N#Cc1ccc(CNCC(c2ccccc2)N2CCOCC2)cc1. The van der Waals surface area contributed by atoms with E-state index in [4.69, 9.17) is 10.00 Å². The van der Waals surface area contributed by atoms with E-state index in [1.165, 1.54) is 11.1 Å². The summed E-state index contributed by atoms with van der Waals surface area (Å²) in [4.78, 5) is 2.49. The van der Waals surface area contributed by atoms with Crippen molar-refractivity contribution in [2.75, 3.05) is 32.8 Å². The molecule has 0 aromatic heterocycles. The predicted octanol–water partition coefficient (Wildman–Crippen LogP) is 2.72. The fourth-order valence-electron chi connectivity index (χ4n) is 3.07. The Hall–Kier alpha value is -2.19. The van der Waals surface area contributed by atoms with Crippen LogP contribution in [0.25, 0.3) is 0 Å². The lowest BCUT2D eigenvalue weighted by molar-refractivity contribution is 0.0161. The van der Waals surface area contributed by atoms with Crippen LogP contribution in [0.2, 0.25) is 0 Å². The summed E-state index contributed by atoms with van der Waals surface area (Å²) in [6.07, 6.45) is 0. The molecule has 0 spiro atoms. The molecule has 2 aromatic carbocycles. The molecule has 3 rings (SSSR count). The summed E-state index contributed by atoms with van der Waals surface area (Å²) < 4.78 is 5.49. The molecule has 0 bridgehead atoms. The molecule has 1 unspecified atom stereocenters. The van der Waals surface area contributed by atoms with E-state index in [0.29, 0.717) is 11.6 Å². The van der Waals surface area contributed by atoms with E-state index in [-0.39, 0.29) is 0 Å². The molecule has 1 N–H and O–H groups in total. The molecule has 0 radical (unpaired) electrons. The summed E-state index contributed by atoms with van der Waals surface area (Å²) in [5.41, 5.74) is 3.24. The first-order valence-electron chi connectivity index (χ1n) is 8.43. The first-order chi connectivity index (χ1) is 11.9. The third-order valence-corrected chi connectivity index (χ3v) is 4.42. The molecule has 0 amide bonds. The van der Waals surface area contributed by atoms with E-state index < -0.39 is 0 Å². The highest BCUT2D eigenvalue weighted by atomic mass is 16.5. The van der Waals surface area contributed by atoms with E-state index in [1.807, 2.05) is 24.3 Å². The average Bonchev–Trinajstić information content (AvgIpc) is 2.67. The second-order valence-electron chi connectivity index (χ2n) is 6.01. The summed E-state index contributed by atoms with van der Waals surface area (Å²) in [6.45, 7) is 5.25. The van der Waals surface area contributed by atoms with E-state index in [0.717, 1.165) is 39.4 Å². The molecular formula is C20H23N3O. The molecule has 1 atom stereocenters. The lowest BCUT2D eigenvalue weighted by Gasteiger charge is -2.35. The van der Waals surface area contributed by atoms with Gasteiger partial charge in [0.2, 0.25) is 0 Å². The van der Waals surface area contributed by atoms with Crippen molar-refractivity contribution in [3.63, 3.8) is 0 Å². The van der Waals surface area contributed by atoms with Gasteiger partial charge >= 0.3 is 0 Å². The van der Waals surface area contributed by atoms with Crippen LogP contribution in [0.3, 0.4) is 0 Å².